The van der Waals surface area contributed by atoms with Crippen LogP contribution in [0.3, 0.4) is 0 Å². The summed E-state index contributed by atoms with van der Waals surface area (Å²) in [6, 6.07) is 28.0. The number of amides is 4. The van der Waals surface area contributed by atoms with E-state index < -0.39 is 23.3 Å². The predicted octanol–water partition coefficient (Wildman–Crippen LogP) is 3.93. The minimum atomic E-state index is -1.51. The Morgan fingerprint density at radius 2 is 1.55 bits per heavy atom. The zero-order valence-corrected chi connectivity index (χ0v) is 23.2. The van der Waals surface area contributed by atoms with Crippen LogP contribution < -0.4 is 10.9 Å². The lowest BCUT2D eigenvalue weighted by atomic mass is 9.75. The van der Waals surface area contributed by atoms with Crippen LogP contribution in [-0.4, -0.2) is 51.8 Å². The quantitative estimate of drug-likeness (QED) is 0.361. The molecule has 0 radical (unpaired) electrons. The SMILES string of the molecule is O=C1NC(=O)C(Cc2cccc3ccccc23)(CN2C[C@H]3C[C@@H](C2)c2cccc(=O)n2C3)C(=O)N1Cc1ccccc1. The van der Waals surface area contributed by atoms with Gasteiger partial charge in [0.15, 0.2) is 0 Å². The fourth-order valence-corrected chi connectivity index (χ4v) is 7.27. The summed E-state index contributed by atoms with van der Waals surface area (Å²) >= 11 is 0. The Bertz CT molecular complexity index is 1760. The normalized spacial score (nSPS) is 24.0. The summed E-state index contributed by atoms with van der Waals surface area (Å²) in [6.07, 6.45) is 1.13. The number of rotatable bonds is 6. The number of barbiturate groups is 1. The molecule has 2 saturated heterocycles. The number of likely N-dealkylation sites (tertiary alicyclic amines) is 1. The van der Waals surface area contributed by atoms with E-state index >= 15 is 0 Å². The molecule has 1 aromatic heterocycles. The van der Waals surface area contributed by atoms with Gasteiger partial charge in [-0.1, -0.05) is 78.9 Å². The molecule has 3 aliphatic heterocycles. The smallest absolute Gasteiger partial charge is 0.312 e. The minimum absolute atomic E-state index is 0.0139. The maximum Gasteiger partial charge on any atom is 0.331 e. The van der Waals surface area contributed by atoms with Crippen LogP contribution in [0, 0.1) is 11.3 Å². The molecule has 4 amide bonds. The van der Waals surface area contributed by atoms with E-state index in [4.69, 9.17) is 0 Å². The monoisotopic (exact) mass is 560 g/mol. The number of aromatic nitrogens is 1. The summed E-state index contributed by atoms with van der Waals surface area (Å²) < 4.78 is 1.88. The first-order valence-corrected chi connectivity index (χ1v) is 14.5. The summed E-state index contributed by atoms with van der Waals surface area (Å²) in [5, 5.41) is 4.57. The van der Waals surface area contributed by atoms with Gasteiger partial charge < -0.3 is 9.47 Å². The van der Waals surface area contributed by atoms with Crippen molar-refractivity contribution in [3.05, 3.63) is 118 Å². The maximum absolute atomic E-state index is 14.5. The van der Waals surface area contributed by atoms with E-state index in [0.29, 0.717) is 19.6 Å². The number of urea groups is 1. The molecule has 42 heavy (non-hydrogen) atoms. The highest BCUT2D eigenvalue weighted by atomic mass is 16.2. The van der Waals surface area contributed by atoms with Crippen LogP contribution in [0.1, 0.15) is 29.2 Å². The van der Waals surface area contributed by atoms with Crippen molar-refractivity contribution < 1.29 is 14.4 Å². The van der Waals surface area contributed by atoms with Gasteiger partial charge in [-0.25, -0.2) is 4.79 Å². The molecule has 1 unspecified atom stereocenters. The Balaban J connectivity index is 1.28. The highest BCUT2D eigenvalue weighted by Gasteiger charge is 2.55. The van der Waals surface area contributed by atoms with Gasteiger partial charge >= 0.3 is 6.03 Å². The van der Waals surface area contributed by atoms with E-state index in [2.05, 4.69) is 10.2 Å². The number of benzene rings is 3. The van der Waals surface area contributed by atoms with Crippen LogP contribution in [0.5, 0.6) is 0 Å². The molecule has 3 atom stereocenters. The number of nitrogens with one attached hydrogen (secondary N) is 1. The number of nitrogens with zero attached hydrogens (tertiary/aromatic N) is 3. The molecular formula is C34H32N4O4. The first kappa shape index (κ1) is 26.3. The lowest BCUT2D eigenvalue weighted by Crippen LogP contribution is -2.67. The first-order chi connectivity index (χ1) is 20.4. The Morgan fingerprint density at radius 1 is 0.786 bits per heavy atom. The Labute approximate surface area is 243 Å². The summed E-state index contributed by atoms with van der Waals surface area (Å²) in [7, 11) is 0. The lowest BCUT2D eigenvalue weighted by Gasteiger charge is -2.47. The van der Waals surface area contributed by atoms with Gasteiger partial charge in [0.2, 0.25) is 11.8 Å². The van der Waals surface area contributed by atoms with Gasteiger partial charge in [0.05, 0.1) is 6.54 Å². The number of fused-ring (bicyclic) bond motifs is 5. The van der Waals surface area contributed by atoms with E-state index in [9.17, 15) is 19.2 Å². The van der Waals surface area contributed by atoms with Crippen molar-refractivity contribution in [2.75, 3.05) is 19.6 Å². The molecule has 212 valence electrons. The molecule has 8 nitrogen and oxygen atoms in total. The van der Waals surface area contributed by atoms with Gasteiger partial charge in [0, 0.05) is 43.9 Å². The molecule has 7 rings (SSSR count). The fraction of sp³-hybridized carbons (Fsp3) is 0.294. The highest BCUT2D eigenvalue weighted by Crippen LogP contribution is 2.39. The largest absolute Gasteiger partial charge is 0.331 e. The van der Waals surface area contributed by atoms with Gasteiger partial charge in [-0.3, -0.25) is 24.6 Å². The van der Waals surface area contributed by atoms with Crippen molar-refractivity contribution in [1.82, 2.24) is 19.7 Å². The van der Waals surface area contributed by atoms with Gasteiger partial charge in [0.1, 0.15) is 5.41 Å². The van der Waals surface area contributed by atoms with Gasteiger partial charge in [-0.15, -0.1) is 0 Å². The molecule has 4 heterocycles. The minimum Gasteiger partial charge on any atom is -0.312 e. The third-order valence-electron chi connectivity index (χ3n) is 9.16. The van der Waals surface area contributed by atoms with E-state index in [1.807, 2.05) is 83.4 Å². The van der Waals surface area contributed by atoms with Crippen molar-refractivity contribution in [3.63, 3.8) is 0 Å². The molecule has 0 aliphatic carbocycles. The zero-order chi connectivity index (χ0) is 28.8. The molecule has 2 bridgehead atoms. The van der Waals surface area contributed by atoms with Crippen LogP contribution in [0.4, 0.5) is 4.79 Å². The summed E-state index contributed by atoms with van der Waals surface area (Å²) in [6.45, 7) is 2.18. The number of hydrogen-bond donors (Lipinski definition) is 1. The molecular weight excluding hydrogens is 528 g/mol. The average Bonchev–Trinajstić information content (AvgIpc) is 2.99. The summed E-state index contributed by atoms with van der Waals surface area (Å²) in [4.78, 5) is 57.6. The van der Waals surface area contributed by atoms with Gasteiger partial charge in [0.25, 0.3) is 5.56 Å². The molecule has 4 aromatic rings. The topological polar surface area (TPSA) is 91.7 Å². The van der Waals surface area contributed by atoms with Crippen molar-refractivity contribution in [3.8, 4) is 0 Å². The Hall–Kier alpha value is -4.56. The van der Waals surface area contributed by atoms with Crippen LogP contribution in [-0.2, 0) is 29.1 Å². The number of carbonyl (C=O) groups excluding carboxylic acids is 3. The molecule has 1 N–H and O–H groups in total. The van der Waals surface area contributed by atoms with E-state index in [1.165, 1.54) is 4.90 Å². The Morgan fingerprint density at radius 3 is 2.40 bits per heavy atom. The average molecular weight is 561 g/mol. The number of pyridine rings is 1. The molecule has 3 aromatic carbocycles. The van der Waals surface area contributed by atoms with Crippen LogP contribution in [0.2, 0.25) is 0 Å². The van der Waals surface area contributed by atoms with Crippen molar-refractivity contribution in [2.24, 2.45) is 11.3 Å². The third kappa shape index (κ3) is 4.52. The second-order valence-corrected chi connectivity index (χ2v) is 11.9. The molecule has 0 spiro atoms. The maximum atomic E-state index is 14.5. The fourth-order valence-electron chi connectivity index (χ4n) is 7.27. The van der Waals surface area contributed by atoms with Crippen LogP contribution in [0.25, 0.3) is 10.8 Å². The molecule has 3 aliphatic rings. The number of hydrogen-bond acceptors (Lipinski definition) is 5. The standard InChI is InChI=1S/C34H32N4O4/c39-30-15-7-14-29-27-16-24(20-37(29)30)18-36(21-27)22-34(17-26-12-6-11-25-10-4-5-13-28(25)26)31(40)35-33(42)38(32(34)41)19-23-8-2-1-3-9-23/h1-15,24,27H,16-22H2,(H,35,40,42)/t24-,27+,34?/m1/s1. The number of piperidine rings is 1. The molecule has 8 heteroatoms. The lowest BCUT2D eigenvalue weighted by molar-refractivity contribution is -0.154. The first-order valence-electron chi connectivity index (χ1n) is 14.5. The highest BCUT2D eigenvalue weighted by molar-refractivity contribution is 6.19. The number of carbonyl (C=O) groups is 3. The van der Waals surface area contributed by atoms with E-state index in [0.717, 1.165) is 34.0 Å². The summed E-state index contributed by atoms with van der Waals surface area (Å²) in [5.74, 6) is -0.665. The van der Waals surface area contributed by atoms with Crippen LogP contribution in [0.15, 0.2) is 95.8 Å². The second kappa shape index (κ2) is 10.4. The van der Waals surface area contributed by atoms with Crippen molar-refractivity contribution in [2.45, 2.75) is 31.8 Å². The molecule has 0 saturated carbocycles. The second-order valence-electron chi connectivity index (χ2n) is 11.9. The van der Waals surface area contributed by atoms with Gasteiger partial charge in [-0.2, -0.15) is 0 Å². The Kier molecular flexibility index (Phi) is 6.50. The van der Waals surface area contributed by atoms with Gasteiger partial charge in [-0.05, 0) is 46.7 Å². The predicted molar refractivity (Wildman–Crippen MR) is 159 cm³/mol. The summed E-state index contributed by atoms with van der Waals surface area (Å²) in [5.41, 5.74) is 1.21. The van der Waals surface area contributed by atoms with Crippen LogP contribution >= 0.6 is 0 Å². The van der Waals surface area contributed by atoms with E-state index in [1.54, 1.807) is 12.1 Å². The van der Waals surface area contributed by atoms with Crippen molar-refractivity contribution >= 4 is 28.6 Å². The third-order valence-corrected chi connectivity index (χ3v) is 9.16. The molecule has 2 fully saturated rings. The number of imide groups is 2. The van der Waals surface area contributed by atoms with E-state index in [-0.39, 0.29) is 36.9 Å². The van der Waals surface area contributed by atoms with Crippen molar-refractivity contribution in [1.29, 1.82) is 0 Å². The zero-order valence-electron chi connectivity index (χ0n) is 23.2.